The zero-order valence-electron chi connectivity index (χ0n) is 17.5. The van der Waals surface area contributed by atoms with E-state index in [2.05, 4.69) is 15.3 Å². The Balaban J connectivity index is 1.94. The van der Waals surface area contributed by atoms with E-state index in [-0.39, 0.29) is 19.8 Å². The molecule has 0 radical (unpaired) electrons. The highest BCUT2D eigenvalue weighted by Gasteiger charge is 2.16. The molecule has 0 bridgehead atoms. The first kappa shape index (κ1) is 21.4. The van der Waals surface area contributed by atoms with E-state index in [0.29, 0.717) is 34.7 Å². The predicted octanol–water partition coefficient (Wildman–Crippen LogP) is 2.51. The Hall–Kier alpha value is -3.30. The number of hydrogen-bond acceptors (Lipinski definition) is 8. The van der Waals surface area contributed by atoms with Gasteiger partial charge in [-0.25, -0.2) is 4.98 Å². The first-order valence-corrected chi connectivity index (χ1v) is 9.39. The summed E-state index contributed by atoms with van der Waals surface area (Å²) in [6.45, 7) is 3.83. The fourth-order valence-electron chi connectivity index (χ4n) is 3.01. The number of aliphatic hydroxyl groups is 2. The first-order valence-electron chi connectivity index (χ1n) is 9.39. The quantitative estimate of drug-likeness (QED) is 0.490. The Morgan fingerprint density at radius 2 is 1.73 bits per heavy atom. The number of hydrogen-bond donors (Lipinski definition) is 3. The Morgan fingerprint density at radius 3 is 2.30 bits per heavy atom. The molecule has 0 aliphatic rings. The number of anilines is 2. The minimum atomic E-state index is -0.122. The molecule has 0 amide bonds. The summed E-state index contributed by atoms with van der Waals surface area (Å²) in [6, 6.07) is 3.48. The number of ether oxygens (including phenoxy) is 3. The highest BCUT2D eigenvalue weighted by molar-refractivity contribution is 5.66. The maximum atomic E-state index is 9.47. The molecule has 0 unspecified atom stereocenters. The number of aromatic nitrogens is 3. The summed E-state index contributed by atoms with van der Waals surface area (Å²) in [4.78, 5) is 8.98. The highest BCUT2D eigenvalue weighted by atomic mass is 16.5. The molecule has 9 heteroatoms. The largest absolute Gasteiger partial charge is 0.493 e. The van der Waals surface area contributed by atoms with Crippen molar-refractivity contribution in [2.24, 2.45) is 0 Å². The summed E-state index contributed by atoms with van der Waals surface area (Å²) in [6.07, 6.45) is 5.50. The van der Waals surface area contributed by atoms with Crippen molar-refractivity contribution in [2.75, 3.05) is 32.8 Å². The number of aryl methyl sites for hydroxylation is 2. The third kappa shape index (κ3) is 4.47. The van der Waals surface area contributed by atoms with E-state index in [1.165, 1.54) is 14.2 Å². The molecular weight excluding hydrogens is 388 g/mol. The molecular formula is C21H26N4O5. The van der Waals surface area contributed by atoms with E-state index >= 15 is 0 Å². The lowest BCUT2D eigenvalue weighted by Crippen LogP contribution is -2.06. The van der Waals surface area contributed by atoms with Gasteiger partial charge in [-0.2, -0.15) is 4.98 Å². The summed E-state index contributed by atoms with van der Waals surface area (Å²) < 4.78 is 18.2. The fourth-order valence-corrected chi connectivity index (χ4v) is 3.01. The number of methoxy groups -OCH3 is 2. The number of nitrogens with zero attached hydrogens (tertiary/aromatic N) is 3. The number of benzene rings is 1. The highest BCUT2D eigenvalue weighted by Crippen LogP contribution is 2.40. The average Bonchev–Trinajstić information content (AvgIpc) is 3.13. The summed E-state index contributed by atoms with van der Waals surface area (Å²) in [5.41, 5.74) is 3.37. The Labute approximate surface area is 174 Å². The number of rotatable bonds is 9. The van der Waals surface area contributed by atoms with Gasteiger partial charge in [0.05, 0.1) is 27.4 Å². The van der Waals surface area contributed by atoms with Gasteiger partial charge in [0, 0.05) is 42.0 Å². The van der Waals surface area contributed by atoms with Crippen LogP contribution in [0.15, 0.2) is 30.7 Å². The van der Waals surface area contributed by atoms with Gasteiger partial charge in [0.15, 0.2) is 11.5 Å². The summed E-state index contributed by atoms with van der Waals surface area (Å²) >= 11 is 0. The van der Waals surface area contributed by atoms with E-state index in [1.54, 1.807) is 18.3 Å². The van der Waals surface area contributed by atoms with Crippen molar-refractivity contribution < 1.29 is 24.4 Å². The molecule has 2 heterocycles. The maximum absolute atomic E-state index is 9.47. The minimum absolute atomic E-state index is 0.0294. The molecule has 160 valence electrons. The monoisotopic (exact) mass is 414 g/mol. The Kier molecular flexibility index (Phi) is 6.76. The molecule has 0 aliphatic carbocycles. The predicted molar refractivity (Wildman–Crippen MR) is 112 cm³/mol. The molecule has 0 saturated heterocycles. The van der Waals surface area contributed by atoms with E-state index in [9.17, 15) is 5.11 Å². The smallest absolute Gasteiger partial charge is 0.229 e. The van der Waals surface area contributed by atoms with Crippen LogP contribution in [0.4, 0.5) is 11.6 Å². The van der Waals surface area contributed by atoms with Crippen LogP contribution in [0.1, 0.15) is 16.7 Å². The average molecular weight is 414 g/mol. The lowest BCUT2D eigenvalue weighted by molar-refractivity contribution is 0.191. The van der Waals surface area contributed by atoms with Gasteiger partial charge < -0.3 is 34.3 Å². The van der Waals surface area contributed by atoms with E-state index in [1.807, 2.05) is 30.8 Å². The van der Waals surface area contributed by atoms with Gasteiger partial charge in [-0.3, -0.25) is 0 Å². The second-order valence-corrected chi connectivity index (χ2v) is 6.64. The zero-order valence-corrected chi connectivity index (χ0v) is 17.5. The van der Waals surface area contributed by atoms with E-state index in [4.69, 9.17) is 19.3 Å². The van der Waals surface area contributed by atoms with Crippen molar-refractivity contribution in [1.29, 1.82) is 0 Å². The fraction of sp³-hybridized carbons (Fsp3) is 0.333. The van der Waals surface area contributed by atoms with Crippen molar-refractivity contribution in [1.82, 2.24) is 14.5 Å². The minimum Gasteiger partial charge on any atom is -0.493 e. The molecule has 9 nitrogen and oxygen atoms in total. The van der Waals surface area contributed by atoms with Gasteiger partial charge in [0.1, 0.15) is 12.4 Å². The lowest BCUT2D eigenvalue weighted by atomic mass is 10.2. The van der Waals surface area contributed by atoms with Crippen LogP contribution in [-0.4, -0.2) is 52.2 Å². The van der Waals surface area contributed by atoms with Crippen LogP contribution in [-0.2, 0) is 6.61 Å². The standard InChI is InChI=1S/C21H26N4O5/c1-13-9-22-21(24-20(13)25-10-14(2)15(11-25)12-27)23-16-7-17(28-3)19(30-6-5-26)18(8-16)29-4/h7-11,26-27H,5-6,12H2,1-4H3,(H,22,23,24). The van der Waals surface area contributed by atoms with Crippen LogP contribution in [0.25, 0.3) is 5.82 Å². The van der Waals surface area contributed by atoms with Crippen LogP contribution in [0, 0.1) is 13.8 Å². The van der Waals surface area contributed by atoms with Gasteiger partial charge in [0.25, 0.3) is 0 Å². The molecule has 2 aromatic heterocycles. The summed E-state index contributed by atoms with van der Waals surface area (Å²) in [5, 5.41) is 21.7. The van der Waals surface area contributed by atoms with Crippen LogP contribution < -0.4 is 19.5 Å². The summed E-state index contributed by atoms with van der Waals surface area (Å²) in [5.74, 6) is 2.40. The van der Waals surface area contributed by atoms with Crippen LogP contribution in [0.2, 0.25) is 0 Å². The second kappa shape index (κ2) is 9.47. The Bertz CT molecular complexity index is 994. The van der Waals surface area contributed by atoms with Gasteiger partial charge in [-0.15, -0.1) is 0 Å². The molecule has 3 N–H and O–H groups in total. The third-order valence-corrected chi connectivity index (χ3v) is 4.55. The molecule has 0 aliphatic heterocycles. The molecule has 0 saturated carbocycles. The normalized spacial score (nSPS) is 10.7. The molecule has 1 aromatic carbocycles. The summed E-state index contributed by atoms with van der Waals surface area (Å²) in [7, 11) is 3.05. The molecule has 0 atom stereocenters. The third-order valence-electron chi connectivity index (χ3n) is 4.55. The van der Waals surface area contributed by atoms with Gasteiger partial charge >= 0.3 is 0 Å². The van der Waals surface area contributed by atoms with Crippen LogP contribution in [0.5, 0.6) is 17.2 Å². The lowest BCUT2D eigenvalue weighted by Gasteiger charge is -2.16. The van der Waals surface area contributed by atoms with Crippen LogP contribution >= 0.6 is 0 Å². The van der Waals surface area contributed by atoms with Crippen molar-refractivity contribution in [3.8, 4) is 23.1 Å². The topological polar surface area (TPSA) is 111 Å². The molecule has 30 heavy (non-hydrogen) atoms. The van der Waals surface area contributed by atoms with Gasteiger partial charge in [-0.05, 0) is 25.0 Å². The molecule has 3 rings (SSSR count). The Morgan fingerprint density at radius 1 is 1.03 bits per heavy atom. The number of aliphatic hydroxyl groups excluding tert-OH is 2. The zero-order chi connectivity index (χ0) is 21.7. The SMILES string of the molecule is COc1cc(Nc2ncc(C)c(-n3cc(C)c(CO)c3)n2)cc(OC)c1OCCO. The molecule has 3 aromatic rings. The van der Waals surface area contributed by atoms with Crippen molar-refractivity contribution in [3.05, 3.63) is 47.4 Å². The van der Waals surface area contributed by atoms with Crippen molar-refractivity contribution in [3.63, 3.8) is 0 Å². The first-order chi connectivity index (χ1) is 14.5. The van der Waals surface area contributed by atoms with Crippen molar-refractivity contribution in [2.45, 2.75) is 20.5 Å². The van der Waals surface area contributed by atoms with Crippen molar-refractivity contribution >= 4 is 11.6 Å². The van der Waals surface area contributed by atoms with E-state index < -0.39 is 0 Å². The molecule has 0 fully saturated rings. The van der Waals surface area contributed by atoms with Gasteiger partial charge in [-0.1, -0.05) is 0 Å². The van der Waals surface area contributed by atoms with Gasteiger partial charge in [0.2, 0.25) is 11.7 Å². The maximum Gasteiger partial charge on any atom is 0.229 e. The van der Waals surface area contributed by atoms with E-state index in [0.717, 1.165) is 16.7 Å². The number of nitrogens with one attached hydrogen (secondary N) is 1. The second-order valence-electron chi connectivity index (χ2n) is 6.64. The van der Waals surface area contributed by atoms with Crippen LogP contribution in [0.3, 0.4) is 0 Å². The molecule has 0 spiro atoms.